The standard InChI is InChI=1S/C17H10ClF2NO2/c18-15-7-5-10-8-11(4-6-14(10)21-15)17(22)23-9-12-2-1-3-13(19)16(12)20/h1-8H,9H2. The number of benzene rings is 2. The number of pyridine rings is 1. The van der Waals surface area contributed by atoms with Crippen LogP contribution in [0.1, 0.15) is 15.9 Å². The number of hydrogen-bond donors (Lipinski definition) is 0. The molecule has 0 spiro atoms. The molecule has 6 heteroatoms. The Morgan fingerprint density at radius 1 is 1.13 bits per heavy atom. The third-order valence-corrected chi connectivity index (χ3v) is 3.49. The van der Waals surface area contributed by atoms with Gasteiger partial charge in [0.25, 0.3) is 0 Å². The Labute approximate surface area is 135 Å². The van der Waals surface area contributed by atoms with E-state index >= 15 is 0 Å². The maximum atomic E-state index is 13.5. The highest BCUT2D eigenvalue weighted by molar-refractivity contribution is 6.29. The first-order chi connectivity index (χ1) is 11.0. The summed E-state index contributed by atoms with van der Waals surface area (Å²) in [5.41, 5.74) is 0.913. The molecule has 0 unspecified atom stereocenters. The maximum absolute atomic E-state index is 13.5. The molecule has 3 nitrogen and oxygen atoms in total. The molecule has 0 radical (unpaired) electrons. The molecule has 1 aromatic heterocycles. The summed E-state index contributed by atoms with van der Waals surface area (Å²) in [7, 11) is 0. The monoisotopic (exact) mass is 333 g/mol. The predicted octanol–water partition coefficient (Wildman–Crippen LogP) is 4.52. The summed E-state index contributed by atoms with van der Waals surface area (Å²) in [5.74, 6) is -2.63. The van der Waals surface area contributed by atoms with Crippen molar-refractivity contribution in [3.8, 4) is 0 Å². The van der Waals surface area contributed by atoms with Gasteiger partial charge in [-0.3, -0.25) is 0 Å². The fourth-order valence-corrected chi connectivity index (χ4v) is 2.27. The number of hydrogen-bond acceptors (Lipinski definition) is 3. The summed E-state index contributed by atoms with van der Waals surface area (Å²) in [6.07, 6.45) is 0. The van der Waals surface area contributed by atoms with Crippen molar-refractivity contribution in [3.63, 3.8) is 0 Å². The number of aromatic nitrogens is 1. The normalized spacial score (nSPS) is 10.7. The van der Waals surface area contributed by atoms with Gasteiger partial charge in [-0.25, -0.2) is 18.6 Å². The minimum Gasteiger partial charge on any atom is -0.457 e. The van der Waals surface area contributed by atoms with Crippen LogP contribution in [0.2, 0.25) is 5.15 Å². The Balaban J connectivity index is 1.78. The van der Waals surface area contributed by atoms with Crippen LogP contribution < -0.4 is 0 Å². The molecule has 2 aromatic carbocycles. The van der Waals surface area contributed by atoms with Crippen molar-refractivity contribution in [1.82, 2.24) is 4.98 Å². The summed E-state index contributed by atoms with van der Waals surface area (Å²) >= 11 is 5.80. The molecule has 0 aliphatic heterocycles. The van der Waals surface area contributed by atoms with Crippen molar-refractivity contribution in [2.24, 2.45) is 0 Å². The first kappa shape index (κ1) is 15.4. The van der Waals surface area contributed by atoms with Crippen LogP contribution in [0.4, 0.5) is 8.78 Å². The van der Waals surface area contributed by atoms with Crippen LogP contribution in [0, 0.1) is 11.6 Å². The summed E-state index contributed by atoms with van der Waals surface area (Å²) < 4.78 is 31.6. The Hall–Kier alpha value is -2.53. The first-order valence-corrected chi connectivity index (χ1v) is 7.09. The lowest BCUT2D eigenvalue weighted by atomic mass is 10.1. The van der Waals surface area contributed by atoms with Crippen LogP contribution in [-0.4, -0.2) is 11.0 Å². The number of rotatable bonds is 3. The van der Waals surface area contributed by atoms with Crippen molar-refractivity contribution in [3.05, 3.63) is 76.4 Å². The van der Waals surface area contributed by atoms with E-state index in [0.29, 0.717) is 16.2 Å². The molecule has 0 saturated carbocycles. The minimum absolute atomic E-state index is 0.0208. The zero-order valence-electron chi connectivity index (χ0n) is 11.7. The molecule has 0 amide bonds. The molecule has 0 bridgehead atoms. The van der Waals surface area contributed by atoms with Gasteiger partial charge in [0, 0.05) is 10.9 Å². The van der Waals surface area contributed by atoms with Gasteiger partial charge in [0.15, 0.2) is 11.6 Å². The highest BCUT2D eigenvalue weighted by atomic mass is 35.5. The quantitative estimate of drug-likeness (QED) is 0.522. The van der Waals surface area contributed by atoms with Gasteiger partial charge < -0.3 is 4.74 Å². The number of esters is 1. The molecular formula is C17H10ClF2NO2. The SMILES string of the molecule is O=C(OCc1cccc(F)c1F)c1ccc2nc(Cl)ccc2c1. The number of fused-ring (bicyclic) bond motifs is 1. The molecule has 116 valence electrons. The Morgan fingerprint density at radius 3 is 2.78 bits per heavy atom. The lowest BCUT2D eigenvalue weighted by Gasteiger charge is -2.07. The lowest BCUT2D eigenvalue weighted by Crippen LogP contribution is -2.07. The van der Waals surface area contributed by atoms with Crippen molar-refractivity contribution >= 4 is 28.5 Å². The highest BCUT2D eigenvalue weighted by Gasteiger charge is 2.12. The van der Waals surface area contributed by atoms with Gasteiger partial charge in [0.1, 0.15) is 11.8 Å². The molecule has 3 aromatic rings. The van der Waals surface area contributed by atoms with Gasteiger partial charge in [0.05, 0.1) is 11.1 Å². The van der Waals surface area contributed by atoms with Gasteiger partial charge in [0.2, 0.25) is 0 Å². The average molecular weight is 334 g/mol. The van der Waals surface area contributed by atoms with E-state index in [9.17, 15) is 13.6 Å². The van der Waals surface area contributed by atoms with Crippen LogP contribution in [0.5, 0.6) is 0 Å². The topological polar surface area (TPSA) is 39.2 Å². The third kappa shape index (κ3) is 3.29. The van der Waals surface area contributed by atoms with Gasteiger partial charge in [-0.15, -0.1) is 0 Å². The van der Waals surface area contributed by atoms with E-state index in [1.165, 1.54) is 18.2 Å². The Bertz CT molecular complexity index is 899. The smallest absolute Gasteiger partial charge is 0.338 e. The summed E-state index contributed by atoms with van der Waals surface area (Å²) in [6.45, 7) is -0.348. The van der Waals surface area contributed by atoms with Crippen LogP contribution >= 0.6 is 11.6 Å². The number of ether oxygens (including phenoxy) is 1. The van der Waals surface area contributed by atoms with Crippen molar-refractivity contribution in [2.75, 3.05) is 0 Å². The number of halogens is 3. The van der Waals surface area contributed by atoms with Gasteiger partial charge in [-0.05, 0) is 36.4 Å². The van der Waals surface area contributed by atoms with E-state index < -0.39 is 17.6 Å². The molecule has 0 aliphatic carbocycles. The maximum Gasteiger partial charge on any atom is 0.338 e. The Morgan fingerprint density at radius 2 is 1.96 bits per heavy atom. The molecule has 0 N–H and O–H groups in total. The van der Waals surface area contributed by atoms with Crippen LogP contribution in [-0.2, 0) is 11.3 Å². The summed E-state index contributed by atoms with van der Waals surface area (Å²) in [6, 6.07) is 11.8. The molecule has 0 aliphatic rings. The van der Waals surface area contributed by atoms with E-state index in [-0.39, 0.29) is 12.2 Å². The van der Waals surface area contributed by atoms with Crippen molar-refractivity contribution in [2.45, 2.75) is 6.61 Å². The van der Waals surface area contributed by atoms with E-state index in [4.69, 9.17) is 16.3 Å². The summed E-state index contributed by atoms with van der Waals surface area (Å²) in [5, 5.41) is 1.08. The second kappa shape index (κ2) is 6.30. The largest absolute Gasteiger partial charge is 0.457 e. The van der Waals surface area contributed by atoms with Crippen molar-refractivity contribution < 1.29 is 18.3 Å². The molecule has 0 saturated heterocycles. The minimum atomic E-state index is -1.02. The summed E-state index contributed by atoms with van der Waals surface area (Å²) in [4.78, 5) is 16.2. The second-order valence-corrected chi connectivity index (χ2v) is 5.22. The van der Waals surface area contributed by atoms with Crippen LogP contribution in [0.25, 0.3) is 10.9 Å². The zero-order valence-corrected chi connectivity index (χ0v) is 12.5. The van der Waals surface area contributed by atoms with Crippen molar-refractivity contribution in [1.29, 1.82) is 0 Å². The number of carbonyl (C=O) groups is 1. The van der Waals surface area contributed by atoms with Gasteiger partial charge >= 0.3 is 5.97 Å². The average Bonchev–Trinajstić information content (AvgIpc) is 2.55. The fourth-order valence-electron chi connectivity index (χ4n) is 2.11. The molecule has 0 atom stereocenters. The third-order valence-electron chi connectivity index (χ3n) is 3.28. The predicted molar refractivity (Wildman–Crippen MR) is 82.2 cm³/mol. The van der Waals surface area contributed by atoms with E-state index in [1.54, 1.807) is 24.3 Å². The van der Waals surface area contributed by atoms with E-state index in [0.717, 1.165) is 11.5 Å². The Kier molecular flexibility index (Phi) is 4.21. The van der Waals surface area contributed by atoms with E-state index in [2.05, 4.69) is 4.98 Å². The van der Waals surface area contributed by atoms with Gasteiger partial charge in [-0.1, -0.05) is 23.7 Å². The first-order valence-electron chi connectivity index (χ1n) is 6.71. The fraction of sp³-hybridized carbons (Fsp3) is 0.0588. The van der Waals surface area contributed by atoms with Crippen LogP contribution in [0.3, 0.4) is 0 Å². The highest BCUT2D eigenvalue weighted by Crippen LogP contribution is 2.18. The molecule has 1 heterocycles. The molecule has 0 fully saturated rings. The zero-order chi connectivity index (χ0) is 16.4. The molecule has 23 heavy (non-hydrogen) atoms. The number of carbonyl (C=O) groups excluding carboxylic acids is 1. The molecule has 3 rings (SSSR count). The second-order valence-electron chi connectivity index (χ2n) is 4.83. The molecular weight excluding hydrogens is 324 g/mol. The van der Waals surface area contributed by atoms with Gasteiger partial charge in [-0.2, -0.15) is 0 Å². The lowest BCUT2D eigenvalue weighted by molar-refractivity contribution is 0.0468. The van der Waals surface area contributed by atoms with Crippen LogP contribution in [0.15, 0.2) is 48.5 Å². The number of nitrogens with zero attached hydrogens (tertiary/aromatic N) is 1. The van der Waals surface area contributed by atoms with E-state index in [1.807, 2.05) is 0 Å².